The average molecular weight is 327 g/mol. The average Bonchev–Trinajstić information content (AvgIpc) is 2.85. The molecule has 0 bridgehead atoms. The normalized spacial score (nSPS) is 10.7. The summed E-state index contributed by atoms with van der Waals surface area (Å²) in [6.07, 6.45) is 1.89. The first-order valence-corrected chi connectivity index (χ1v) is 7.26. The van der Waals surface area contributed by atoms with Gasteiger partial charge in [-0.2, -0.15) is 0 Å². The van der Waals surface area contributed by atoms with Crippen LogP contribution >= 0.6 is 27.3 Å². The number of thiophene rings is 1. The van der Waals surface area contributed by atoms with Gasteiger partial charge in [-0.15, -0.1) is 11.3 Å². The molecule has 0 fully saturated rings. The Labute approximate surface area is 119 Å². The van der Waals surface area contributed by atoms with Crippen molar-refractivity contribution in [3.63, 3.8) is 0 Å². The third kappa shape index (κ3) is 2.67. The molecule has 0 unspecified atom stereocenters. The van der Waals surface area contributed by atoms with Gasteiger partial charge in [0.1, 0.15) is 5.69 Å². The predicted octanol–water partition coefficient (Wildman–Crippen LogP) is 3.43. The molecule has 2 heterocycles. The molecule has 3 nitrogen and oxygen atoms in total. The molecule has 1 amide bonds. The maximum Gasteiger partial charge on any atom is 0.270 e. The second kappa shape index (κ2) is 5.28. The molecule has 96 valence electrons. The molecule has 0 atom stereocenters. The van der Waals surface area contributed by atoms with E-state index < -0.39 is 0 Å². The Morgan fingerprint density at radius 2 is 2.28 bits per heavy atom. The fourth-order valence-corrected chi connectivity index (χ4v) is 3.27. The Hall–Kier alpha value is -1.07. The molecule has 5 heteroatoms. The Kier molecular flexibility index (Phi) is 3.92. The second-order valence-electron chi connectivity index (χ2n) is 4.34. The number of carbonyl (C=O) groups is 1. The first-order valence-electron chi connectivity index (χ1n) is 5.59. The van der Waals surface area contributed by atoms with Crippen molar-refractivity contribution in [2.45, 2.75) is 13.5 Å². The molecule has 2 rings (SSSR count). The first kappa shape index (κ1) is 13.4. The van der Waals surface area contributed by atoms with Crippen LogP contribution < -0.4 is 0 Å². The van der Waals surface area contributed by atoms with Gasteiger partial charge in [-0.25, -0.2) is 0 Å². The van der Waals surface area contributed by atoms with E-state index in [1.807, 2.05) is 30.9 Å². The van der Waals surface area contributed by atoms with Gasteiger partial charge in [-0.3, -0.25) is 4.79 Å². The fraction of sp³-hybridized carbons (Fsp3) is 0.308. The van der Waals surface area contributed by atoms with Gasteiger partial charge in [0.25, 0.3) is 5.91 Å². The Morgan fingerprint density at radius 3 is 2.78 bits per heavy atom. The van der Waals surface area contributed by atoms with E-state index in [0.29, 0.717) is 12.2 Å². The van der Waals surface area contributed by atoms with Crippen LogP contribution in [0.1, 0.15) is 20.9 Å². The standard InChI is InChI=1S/C13H15BrN2OS/c1-9-4-5-18-12(9)8-16(3)13(17)11-6-10(14)7-15(11)2/h4-7H,8H2,1-3H3. The molecule has 0 aliphatic carbocycles. The second-order valence-corrected chi connectivity index (χ2v) is 6.26. The number of halogens is 1. The lowest BCUT2D eigenvalue weighted by Gasteiger charge is -2.17. The van der Waals surface area contributed by atoms with E-state index in [1.165, 1.54) is 10.4 Å². The lowest BCUT2D eigenvalue weighted by atomic mass is 10.2. The van der Waals surface area contributed by atoms with Crippen molar-refractivity contribution in [3.8, 4) is 0 Å². The Balaban J connectivity index is 2.14. The minimum atomic E-state index is 0.0380. The van der Waals surface area contributed by atoms with Crippen LogP contribution in [-0.4, -0.2) is 22.4 Å². The summed E-state index contributed by atoms with van der Waals surface area (Å²) in [7, 11) is 3.71. The molecule has 0 saturated carbocycles. The summed E-state index contributed by atoms with van der Waals surface area (Å²) in [5, 5.41) is 2.06. The highest BCUT2D eigenvalue weighted by Crippen LogP contribution is 2.19. The molecular weight excluding hydrogens is 312 g/mol. The molecule has 2 aromatic heterocycles. The molecule has 0 radical (unpaired) electrons. The van der Waals surface area contributed by atoms with Crippen molar-refractivity contribution in [1.29, 1.82) is 0 Å². The molecular formula is C13H15BrN2OS. The number of aromatic nitrogens is 1. The third-order valence-corrected chi connectivity index (χ3v) is 4.33. The van der Waals surface area contributed by atoms with Crippen molar-refractivity contribution in [1.82, 2.24) is 9.47 Å². The van der Waals surface area contributed by atoms with E-state index in [1.54, 1.807) is 16.2 Å². The maximum absolute atomic E-state index is 12.3. The van der Waals surface area contributed by atoms with Gasteiger partial charge in [0.15, 0.2) is 0 Å². The highest BCUT2D eigenvalue weighted by molar-refractivity contribution is 9.10. The number of aryl methyl sites for hydroxylation is 2. The van der Waals surface area contributed by atoms with Gasteiger partial charge in [0.05, 0.1) is 6.54 Å². The molecule has 0 aliphatic heterocycles. The van der Waals surface area contributed by atoms with Crippen LogP contribution in [0.3, 0.4) is 0 Å². The van der Waals surface area contributed by atoms with Gasteiger partial charge in [0, 0.05) is 29.6 Å². The van der Waals surface area contributed by atoms with Crippen molar-refractivity contribution in [2.24, 2.45) is 7.05 Å². The van der Waals surface area contributed by atoms with Gasteiger partial charge in [-0.1, -0.05) is 0 Å². The van der Waals surface area contributed by atoms with Gasteiger partial charge in [-0.05, 0) is 45.9 Å². The van der Waals surface area contributed by atoms with E-state index in [-0.39, 0.29) is 5.91 Å². The third-order valence-electron chi connectivity index (χ3n) is 2.89. The number of hydrogen-bond donors (Lipinski definition) is 0. The minimum absolute atomic E-state index is 0.0380. The van der Waals surface area contributed by atoms with Crippen LogP contribution in [0, 0.1) is 6.92 Å². The summed E-state index contributed by atoms with van der Waals surface area (Å²) in [6, 6.07) is 3.93. The van der Waals surface area contributed by atoms with E-state index in [0.717, 1.165) is 4.47 Å². The molecule has 0 aromatic carbocycles. The topological polar surface area (TPSA) is 25.2 Å². The highest BCUT2D eigenvalue weighted by Gasteiger charge is 2.16. The molecule has 2 aromatic rings. The van der Waals surface area contributed by atoms with E-state index in [2.05, 4.69) is 34.3 Å². The van der Waals surface area contributed by atoms with E-state index in [9.17, 15) is 4.79 Å². The predicted molar refractivity (Wildman–Crippen MR) is 78.0 cm³/mol. The lowest BCUT2D eigenvalue weighted by Crippen LogP contribution is -2.27. The van der Waals surface area contributed by atoms with Crippen LogP contribution in [0.5, 0.6) is 0 Å². The molecule has 0 spiro atoms. The van der Waals surface area contributed by atoms with Crippen molar-refractivity contribution in [3.05, 3.63) is 44.3 Å². The molecule has 18 heavy (non-hydrogen) atoms. The number of hydrogen-bond acceptors (Lipinski definition) is 2. The SMILES string of the molecule is Cc1ccsc1CN(C)C(=O)c1cc(Br)cn1C. The minimum Gasteiger partial charge on any atom is -0.345 e. The van der Waals surface area contributed by atoms with Gasteiger partial charge in [0.2, 0.25) is 0 Å². The number of rotatable bonds is 3. The molecule has 0 aliphatic rings. The van der Waals surface area contributed by atoms with Crippen LogP contribution in [0.4, 0.5) is 0 Å². The zero-order chi connectivity index (χ0) is 13.3. The van der Waals surface area contributed by atoms with Crippen LogP contribution in [0.2, 0.25) is 0 Å². The zero-order valence-electron chi connectivity index (χ0n) is 10.6. The molecule has 0 saturated heterocycles. The van der Waals surface area contributed by atoms with E-state index >= 15 is 0 Å². The smallest absolute Gasteiger partial charge is 0.270 e. The largest absolute Gasteiger partial charge is 0.345 e. The van der Waals surface area contributed by atoms with Crippen LogP contribution in [-0.2, 0) is 13.6 Å². The van der Waals surface area contributed by atoms with Crippen LogP contribution in [0.25, 0.3) is 0 Å². The number of carbonyl (C=O) groups excluding carboxylic acids is 1. The Bertz CT molecular complexity index is 573. The van der Waals surface area contributed by atoms with Crippen molar-refractivity contribution in [2.75, 3.05) is 7.05 Å². The first-order chi connectivity index (χ1) is 8.49. The highest BCUT2D eigenvalue weighted by atomic mass is 79.9. The van der Waals surface area contributed by atoms with Crippen LogP contribution in [0.15, 0.2) is 28.2 Å². The summed E-state index contributed by atoms with van der Waals surface area (Å²) in [4.78, 5) is 15.3. The summed E-state index contributed by atoms with van der Waals surface area (Å²) >= 11 is 5.07. The van der Waals surface area contributed by atoms with Gasteiger partial charge < -0.3 is 9.47 Å². The monoisotopic (exact) mass is 326 g/mol. The van der Waals surface area contributed by atoms with Gasteiger partial charge >= 0.3 is 0 Å². The zero-order valence-corrected chi connectivity index (χ0v) is 13.0. The summed E-state index contributed by atoms with van der Waals surface area (Å²) in [5.41, 5.74) is 1.94. The fourth-order valence-electron chi connectivity index (χ4n) is 1.79. The van der Waals surface area contributed by atoms with E-state index in [4.69, 9.17) is 0 Å². The summed E-state index contributed by atoms with van der Waals surface area (Å²) < 4.78 is 2.76. The lowest BCUT2D eigenvalue weighted by molar-refractivity contribution is 0.0777. The quantitative estimate of drug-likeness (QED) is 0.848. The Morgan fingerprint density at radius 1 is 1.56 bits per heavy atom. The summed E-state index contributed by atoms with van der Waals surface area (Å²) in [5.74, 6) is 0.0380. The number of nitrogens with zero attached hydrogens (tertiary/aromatic N) is 2. The maximum atomic E-state index is 12.3. The summed E-state index contributed by atoms with van der Waals surface area (Å²) in [6.45, 7) is 2.73. The molecule has 0 N–H and O–H groups in total. The van der Waals surface area contributed by atoms with Crippen molar-refractivity contribution < 1.29 is 4.79 Å². The van der Waals surface area contributed by atoms with Crippen molar-refractivity contribution >= 4 is 33.2 Å². The number of amides is 1.